The lowest BCUT2D eigenvalue weighted by atomic mass is 10.2. The van der Waals surface area contributed by atoms with Gasteiger partial charge in [0, 0.05) is 12.7 Å². The Bertz CT molecular complexity index is 461. The summed E-state index contributed by atoms with van der Waals surface area (Å²) in [7, 11) is 1.51. The Morgan fingerprint density at radius 1 is 1.30 bits per heavy atom. The van der Waals surface area contributed by atoms with E-state index in [0.717, 1.165) is 5.56 Å². The van der Waals surface area contributed by atoms with Gasteiger partial charge in [-0.1, -0.05) is 12.1 Å². The predicted octanol–water partition coefficient (Wildman–Crippen LogP) is 1.48. The van der Waals surface area contributed by atoms with Crippen molar-refractivity contribution in [3.8, 4) is 0 Å². The summed E-state index contributed by atoms with van der Waals surface area (Å²) in [5.41, 5.74) is 1.63. The van der Waals surface area contributed by atoms with Crippen LogP contribution < -0.4 is 16.0 Å². The molecule has 0 aliphatic heterocycles. The molecule has 6 nitrogen and oxygen atoms in total. The van der Waals surface area contributed by atoms with Gasteiger partial charge in [0.05, 0.1) is 19.3 Å². The first-order chi connectivity index (χ1) is 9.51. The van der Waals surface area contributed by atoms with Gasteiger partial charge in [-0.05, 0) is 31.5 Å². The van der Waals surface area contributed by atoms with Crippen molar-refractivity contribution in [2.24, 2.45) is 0 Å². The van der Waals surface area contributed by atoms with Crippen LogP contribution >= 0.6 is 0 Å². The van der Waals surface area contributed by atoms with Crippen molar-refractivity contribution in [3.63, 3.8) is 0 Å². The van der Waals surface area contributed by atoms with Gasteiger partial charge in [-0.2, -0.15) is 0 Å². The maximum Gasteiger partial charge on any atom is 0.319 e. The lowest BCUT2D eigenvalue weighted by Crippen LogP contribution is -2.37. The lowest BCUT2D eigenvalue weighted by molar-refractivity contribution is -0.119. The largest absolute Gasteiger partial charge is 0.374 e. The maximum absolute atomic E-state index is 11.6. The first-order valence-electron chi connectivity index (χ1n) is 6.47. The number of carbonyl (C=O) groups excluding carboxylic acids is 2. The second-order valence-electron chi connectivity index (χ2n) is 4.54. The number of hydrogen-bond acceptors (Lipinski definition) is 3. The molecule has 0 saturated carbocycles. The highest BCUT2D eigenvalue weighted by Gasteiger charge is 2.05. The van der Waals surface area contributed by atoms with E-state index in [1.165, 1.54) is 7.05 Å². The molecule has 0 fully saturated rings. The summed E-state index contributed by atoms with van der Waals surface area (Å²) in [6, 6.07) is 6.96. The van der Waals surface area contributed by atoms with Crippen LogP contribution in [0.4, 0.5) is 10.5 Å². The molecular weight excluding hydrogens is 258 g/mol. The number of ether oxygens (including phenoxy) is 1. The number of amides is 3. The van der Waals surface area contributed by atoms with Gasteiger partial charge in [0.1, 0.15) is 0 Å². The van der Waals surface area contributed by atoms with E-state index >= 15 is 0 Å². The Morgan fingerprint density at radius 3 is 2.70 bits per heavy atom. The molecule has 0 spiro atoms. The fraction of sp³-hybridized carbons (Fsp3) is 0.429. The van der Waals surface area contributed by atoms with Gasteiger partial charge >= 0.3 is 6.03 Å². The Labute approximate surface area is 118 Å². The molecule has 0 aliphatic rings. The number of anilines is 1. The summed E-state index contributed by atoms with van der Waals surface area (Å²) < 4.78 is 5.50. The fourth-order valence-electron chi connectivity index (χ4n) is 1.43. The first-order valence-corrected chi connectivity index (χ1v) is 6.47. The van der Waals surface area contributed by atoms with Crippen LogP contribution in [0, 0.1) is 0 Å². The molecule has 1 aromatic rings. The van der Waals surface area contributed by atoms with Crippen LogP contribution in [0.25, 0.3) is 0 Å². The molecule has 0 aromatic heterocycles. The Morgan fingerprint density at radius 2 is 2.05 bits per heavy atom. The van der Waals surface area contributed by atoms with Crippen molar-refractivity contribution in [1.29, 1.82) is 0 Å². The van der Waals surface area contributed by atoms with Crippen molar-refractivity contribution in [1.82, 2.24) is 10.6 Å². The summed E-state index contributed by atoms with van der Waals surface area (Å²) >= 11 is 0. The average Bonchev–Trinajstić information content (AvgIpc) is 2.43. The maximum atomic E-state index is 11.6. The molecule has 0 heterocycles. The van der Waals surface area contributed by atoms with E-state index in [1.54, 1.807) is 6.07 Å². The predicted molar refractivity (Wildman–Crippen MR) is 77.5 cm³/mol. The van der Waals surface area contributed by atoms with Crippen LogP contribution in [-0.4, -0.2) is 31.6 Å². The van der Waals surface area contributed by atoms with E-state index in [1.807, 2.05) is 32.0 Å². The molecule has 0 bridgehead atoms. The highest BCUT2D eigenvalue weighted by molar-refractivity contribution is 5.92. The van der Waals surface area contributed by atoms with Crippen LogP contribution in [0.1, 0.15) is 19.4 Å². The number of nitrogens with one attached hydrogen (secondary N) is 3. The Kier molecular flexibility index (Phi) is 6.52. The third-order valence-electron chi connectivity index (χ3n) is 2.46. The number of benzene rings is 1. The molecule has 0 unspecified atom stereocenters. The molecule has 0 aliphatic carbocycles. The second-order valence-corrected chi connectivity index (χ2v) is 4.54. The van der Waals surface area contributed by atoms with Crippen LogP contribution in [0.15, 0.2) is 24.3 Å². The molecule has 20 heavy (non-hydrogen) atoms. The normalized spacial score (nSPS) is 10.2. The van der Waals surface area contributed by atoms with Gasteiger partial charge in [-0.15, -0.1) is 0 Å². The Balaban J connectivity index is 2.48. The fourth-order valence-corrected chi connectivity index (χ4v) is 1.43. The zero-order chi connectivity index (χ0) is 15.0. The van der Waals surface area contributed by atoms with E-state index in [0.29, 0.717) is 12.3 Å². The van der Waals surface area contributed by atoms with Gasteiger partial charge in [0.15, 0.2) is 0 Å². The van der Waals surface area contributed by atoms with Crippen LogP contribution in [0.3, 0.4) is 0 Å². The van der Waals surface area contributed by atoms with Crippen molar-refractivity contribution in [2.75, 3.05) is 18.9 Å². The zero-order valence-corrected chi connectivity index (χ0v) is 12.0. The summed E-state index contributed by atoms with van der Waals surface area (Å²) in [6.45, 7) is 4.37. The highest BCUT2D eigenvalue weighted by atomic mass is 16.5. The standard InChI is InChI=1S/C14H21N3O3/c1-10(2)20-9-11-5-4-6-12(7-11)17-14(19)16-8-13(18)15-3/h4-7,10H,8-9H2,1-3H3,(H,15,18)(H2,16,17,19). The van der Waals surface area contributed by atoms with Gasteiger partial charge in [0.2, 0.25) is 5.91 Å². The van der Waals surface area contributed by atoms with Crippen molar-refractivity contribution in [3.05, 3.63) is 29.8 Å². The number of urea groups is 1. The second kappa shape index (κ2) is 8.16. The molecule has 0 atom stereocenters. The summed E-state index contributed by atoms with van der Waals surface area (Å²) in [5.74, 6) is -0.251. The third-order valence-corrected chi connectivity index (χ3v) is 2.46. The minimum Gasteiger partial charge on any atom is -0.374 e. The van der Waals surface area contributed by atoms with Gasteiger partial charge in [-0.25, -0.2) is 4.79 Å². The van der Waals surface area contributed by atoms with E-state index in [4.69, 9.17) is 4.74 Å². The van der Waals surface area contributed by atoms with Gasteiger partial charge < -0.3 is 20.7 Å². The molecule has 0 saturated heterocycles. The minimum absolute atomic E-state index is 0.0571. The topological polar surface area (TPSA) is 79.5 Å². The third kappa shape index (κ3) is 6.19. The summed E-state index contributed by atoms with van der Waals surface area (Å²) in [5, 5.41) is 7.54. The molecule has 3 amide bonds. The number of carbonyl (C=O) groups is 2. The quantitative estimate of drug-likeness (QED) is 0.738. The molecule has 110 valence electrons. The number of rotatable bonds is 6. The molecule has 1 rings (SSSR count). The number of likely N-dealkylation sites (N-methyl/N-ethyl adjacent to an activating group) is 1. The molecule has 3 N–H and O–H groups in total. The SMILES string of the molecule is CNC(=O)CNC(=O)Nc1cccc(COC(C)C)c1. The van der Waals surface area contributed by atoms with Crippen LogP contribution in [0.5, 0.6) is 0 Å². The summed E-state index contributed by atoms with van der Waals surface area (Å²) in [4.78, 5) is 22.6. The number of hydrogen-bond donors (Lipinski definition) is 3. The van der Waals surface area contributed by atoms with Crippen molar-refractivity contribution >= 4 is 17.6 Å². The smallest absolute Gasteiger partial charge is 0.319 e. The molecule has 1 aromatic carbocycles. The van der Waals surface area contributed by atoms with E-state index in [9.17, 15) is 9.59 Å². The molecule has 6 heteroatoms. The van der Waals surface area contributed by atoms with Crippen LogP contribution in [0.2, 0.25) is 0 Å². The van der Waals surface area contributed by atoms with Crippen molar-refractivity contribution < 1.29 is 14.3 Å². The van der Waals surface area contributed by atoms with Gasteiger partial charge in [-0.3, -0.25) is 4.79 Å². The molecular formula is C14H21N3O3. The lowest BCUT2D eigenvalue weighted by Gasteiger charge is -2.10. The minimum atomic E-state index is -0.421. The van der Waals surface area contributed by atoms with E-state index in [2.05, 4.69) is 16.0 Å². The highest BCUT2D eigenvalue weighted by Crippen LogP contribution is 2.12. The summed E-state index contributed by atoms with van der Waals surface area (Å²) in [6.07, 6.45) is 0.155. The van der Waals surface area contributed by atoms with E-state index < -0.39 is 6.03 Å². The monoisotopic (exact) mass is 279 g/mol. The van der Waals surface area contributed by atoms with Crippen LogP contribution in [-0.2, 0) is 16.1 Å². The van der Waals surface area contributed by atoms with Gasteiger partial charge in [0.25, 0.3) is 0 Å². The van der Waals surface area contributed by atoms with Crippen molar-refractivity contribution in [2.45, 2.75) is 26.6 Å². The zero-order valence-electron chi connectivity index (χ0n) is 12.0. The molecule has 0 radical (unpaired) electrons. The first kappa shape index (κ1) is 16.0. The van der Waals surface area contributed by atoms with E-state index in [-0.39, 0.29) is 18.6 Å². The Hall–Kier alpha value is -2.08. The average molecular weight is 279 g/mol.